The second kappa shape index (κ2) is 4.40. The lowest BCUT2D eigenvalue weighted by atomic mass is 9.93. The second-order valence-electron chi connectivity index (χ2n) is 3.69. The highest BCUT2D eigenvalue weighted by Crippen LogP contribution is 2.24. The van der Waals surface area contributed by atoms with E-state index in [9.17, 15) is 4.39 Å². The van der Waals surface area contributed by atoms with Crippen molar-refractivity contribution in [3.05, 3.63) is 35.1 Å². The van der Waals surface area contributed by atoms with Crippen LogP contribution in [0.5, 0.6) is 0 Å². The minimum atomic E-state index is -0.134. The molecule has 0 saturated carbocycles. The van der Waals surface area contributed by atoms with Crippen LogP contribution in [0.15, 0.2) is 18.2 Å². The first-order valence-electron chi connectivity index (χ1n) is 4.91. The summed E-state index contributed by atoms with van der Waals surface area (Å²) in [5, 5.41) is 0. The maximum absolute atomic E-state index is 12.8. The van der Waals surface area contributed by atoms with Gasteiger partial charge in [-0.2, -0.15) is 0 Å². The number of hydrogen-bond acceptors (Lipinski definition) is 0. The van der Waals surface area contributed by atoms with E-state index < -0.39 is 0 Å². The van der Waals surface area contributed by atoms with Gasteiger partial charge in [0, 0.05) is 0 Å². The molecule has 1 atom stereocenters. The van der Waals surface area contributed by atoms with Crippen LogP contribution in [-0.4, -0.2) is 0 Å². The molecule has 0 saturated heterocycles. The summed E-state index contributed by atoms with van der Waals surface area (Å²) < 4.78 is 12.8. The summed E-state index contributed by atoms with van der Waals surface area (Å²) in [6.07, 6.45) is 2.35. The normalized spacial score (nSPS) is 12.9. The van der Waals surface area contributed by atoms with E-state index in [2.05, 4.69) is 13.8 Å². The van der Waals surface area contributed by atoms with E-state index in [1.54, 1.807) is 12.1 Å². The Labute approximate surface area is 79.8 Å². The van der Waals surface area contributed by atoms with Gasteiger partial charge in [-0.15, -0.1) is 0 Å². The number of rotatable bonds is 3. The first-order chi connectivity index (χ1) is 6.15. The molecule has 0 aliphatic rings. The Morgan fingerprint density at radius 2 is 2.08 bits per heavy atom. The summed E-state index contributed by atoms with van der Waals surface area (Å²) in [5.74, 6) is 0.413. The van der Waals surface area contributed by atoms with Crippen molar-refractivity contribution in [1.29, 1.82) is 0 Å². The molecule has 0 fully saturated rings. The number of halogens is 1. The summed E-state index contributed by atoms with van der Waals surface area (Å²) in [6.45, 7) is 6.35. The standard InChI is InChI=1S/C12H17F/c1-4-5-9(2)12-7-6-11(13)8-10(12)3/h6-9H,4-5H2,1-3H3. The van der Waals surface area contributed by atoms with E-state index in [0.717, 1.165) is 5.56 Å². The van der Waals surface area contributed by atoms with Gasteiger partial charge in [-0.1, -0.05) is 26.3 Å². The predicted octanol–water partition coefficient (Wildman–Crippen LogP) is 4.04. The second-order valence-corrected chi connectivity index (χ2v) is 3.69. The van der Waals surface area contributed by atoms with Crippen LogP contribution in [-0.2, 0) is 0 Å². The third-order valence-corrected chi connectivity index (χ3v) is 2.48. The number of hydrogen-bond donors (Lipinski definition) is 0. The van der Waals surface area contributed by atoms with Crippen molar-refractivity contribution in [2.75, 3.05) is 0 Å². The maximum atomic E-state index is 12.8. The first-order valence-corrected chi connectivity index (χ1v) is 4.91. The lowest BCUT2D eigenvalue weighted by Crippen LogP contribution is -1.96. The van der Waals surface area contributed by atoms with Gasteiger partial charge in [0.2, 0.25) is 0 Å². The lowest BCUT2D eigenvalue weighted by Gasteiger charge is -2.13. The third-order valence-electron chi connectivity index (χ3n) is 2.48. The van der Waals surface area contributed by atoms with Crippen LogP contribution in [0, 0.1) is 12.7 Å². The van der Waals surface area contributed by atoms with E-state index in [0.29, 0.717) is 5.92 Å². The fourth-order valence-corrected chi connectivity index (χ4v) is 1.78. The Hall–Kier alpha value is -0.850. The van der Waals surface area contributed by atoms with Crippen LogP contribution < -0.4 is 0 Å². The molecule has 1 rings (SSSR count). The van der Waals surface area contributed by atoms with Gasteiger partial charge in [-0.05, 0) is 42.5 Å². The van der Waals surface area contributed by atoms with Crippen molar-refractivity contribution < 1.29 is 4.39 Å². The highest BCUT2D eigenvalue weighted by Gasteiger charge is 2.07. The molecule has 13 heavy (non-hydrogen) atoms. The highest BCUT2D eigenvalue weighted by molar-refractivity contribution is 5.29. The van der Waals surface area contributed by atoms with Gasteiger partial charge in [-0.25, -0.2) is 4.39 Å². The molecule has 1 heteroatoms. The molecule has 0 aromatic heterocycles. The van der Waals surface area contributed by atoms with E-state index in [-0.39, 0.29) is 5.82 Å². The van der Waals surface area contributed by atoms with Gasteiger partial charge in [0.05, 0.1) is 0 Å². The highest BCUT2D eigenvalue weighted by atomic mass is 19.1. The fourth-order valence-electron chi connectivity index (χ4n) is 1.78. The van der Waals surface area contributed by atoms with Gasteiger partial charge >= 0.3 is 0 Å². The first kappa shape index (κ1) is 10.2. The molecule has 0 aliphatic carbocycles. The van der Waals surface area contributed by atoms with Crippen molar-refractivity contribution in [3.63, 3.8) is 0 Å². The molecule has 0 aliphatic heterocycles. The van der Waals surface area contributed by atoms with Crippen LogP contribution in [0.25, 0.3) is 0 Å². The van der Waals surface area contributed by atoms with Gasteiger partial charge < -0.3 is 0 Å². The fraction of sp³-hybridized carbons (Fsp3) is 0.500. The van der Waals surface area contributed by atoms with E-state index >= 15 is 0 Å². The summed E-state index contributed by atoms with van der Waals surface area (Å²) in [5.41, 5.74) is 2.35. The zero-order valence-corrected chi connectivity index (χ0v) is 8.60. The van der Waals surface area contributed by atoms with Crippen molar-refractivity contribution in [3.8, 4) is 0 Å². The summed E-state index contributed by atoms with van der Waals surface area (Å²) in [4.78, 5) is 0. The molecule has 0 bridgehead atoms. The average molecular weight is 180 g/mol. The summed E-state index contributed by atoms with van der Waals surface area (Å²) >= 11 is 0. The molecule has 0 N–H and O–H groups in total. The molecule has 1 aromatic carbocycles. The van der Waals surface area contributed by atoms with Gasteiger partial charge in [-0.3, -0.25) is 0 Å². The molecule has 72 valence electrons. The van der Waals surface area contributed by atoms with Crippen LogP contribution in [0.3, 0.4) is 0 Å². The molecule has 0 spiro atoms. The molecule has 1 unspecified atom stereocenters. The Kier molecular flexibility index (Phi) is 3.47. The molecular weight excluding hydrogens is 163 g/mol. The van der Waals surface area contributed by atoms with E-state index in [1.165, 1.54) is 18.4 Å². The SMILES string of the molecule is CCCC(C)c1ccc(F)cc1C. The van der Waals surface area contributed by atoms with Crippen molar-refractivity contribution in [2.24, 2.45) is 0 Å². The molecule has 0 nitrogen and oxygen atoms in total. The number of aryl methyl sites for hydroxylation is 1. The van der Waals surface area contributed by atoms with E-state index in [1.807, 2.05) is 13.0 Å². The number of benzene rings is 1. The summed E-state index contributed by atoms with van der Waals surface area (Å²) in [6, 6.07) is 5.07. The Morgan fingerprint density at radius 3 is 2.62 bits per heavy atom. The Balaban J connectivity index is 2.88. The molecule has 0 heterocycles. The van der Waals surface area contributed by atoms with E-state index in [4.69, 9.17) is 0 Å². The average Bonchev–Trinajstić information content (AvgIpc) is 2.04. The van der Waals surface area contributed by atoms with Crippen LogP contribution >= 0.6 is 0 Å². The van der Waals surface area contributed by atoms with Gasteiger partial charge in [0.1, 0.15) is 5.82 Å². The predicted molar refractivity (Wildman–Crippen MR) is 54.5 cm³/mol. The monoisotopic (exact) mass is 180 g/mol. The third kappa shape index (κ3) is 2.55. The molecule has 0 amide bonds. The minimum Gasteiger partial charge on any atom is -0.207 e. The van der Waals surface area contributed by atoms with Gasteiger partial charge in [0.15, 0.2) is 0 Å². The van der Waals surface area contributed by atoms with Crippen LogP contribution in [0.2, 0.25) is 0 Å². The lowest BCUT2D eigenvalue weighted by molar-refractivity contribution is 0.619. The molecule has 1 aromatic rings. The van der Waals surface area contributed by atoms with Crippen LogP contribution in [0.1, 0.15) is 43.7 Å². The Bertz CT molecular complexity index is 278. The van der Waals surface area contributed by atoms with Crippen molar-refractivity contribution in [1.82, 2.24) is 0 Å². The van der Waals surface area contributed by atoms with Crippen molar-refractivity contribution >= 4 is 0 Å². The molecule has 0 radical (unpaired) electrons. The quantitative estimate of drug-likeness (QED) is 0.658. The maximum Gasteiger partial charge on any atom is 0.123 e. The largest absolute Gasteiger partial charge is 0.207 e. The summed E-state index contributed by atoms with van der Waals surface area (Å²) in [7, 11) is 0. The van der Waals surface area contributed by atoms with Crippen molar-refractivity contribution in [2.45, 2.75) is 39.5 Å². The zero-order chi connectivity index (χ0) is 9.84. The molecular formula is C12H17F. The van der Waals surface area contributed by atoms with Gasteiger partial charge in [0.25, 0.3) is 0 Å². The smallest absolute Gasteiger partial charge is 0.123 e. The Morgan fingerprint density at radius 1 is 1.38 bits per heavy atom. The minimum absolute atomic E-state index is 0.134. The zero-order valence-electron chi connectivity index (χ0n) is 8.60. The van der Waals surface area contributed by atoms with Crippen LogP contribution in [0.4, 0.5) is 4.39 Å². The topological polar surface area (TPSA) is 0 Å².